The Kier molecular flexibility index (Phi) is 2.05. The predicted octanol–water partition coefficient (Wildman–Crippen LogP) is -0.167. The molecule has 0 aliphatic carbocycles. The first-order valence-electron chi connectivity index (χ1n) is 2.94. The highest BCUT2D eigenvalue weighted by molar-refractivity contribution is 6.29. The number of hydrogen-bond acceptors (Lipinski definition) is 3. The largest absolute Gasteiger partial charge is 0.507 e. The first-order valence-corrected chi connectivity index (χ1v) is 3.31. The minimum atomic E-state index is -0.995. The molecule has 5 nitrogen and oxygen atoms in total. The van der Waals surface area contributed by atoms with Crippen LogP contribution in [-0.2, 0) is 0 Å². The summed E-state index contributed by atoms with van der Waals surface area (Å²) in [6.07, 6.45) is 0. The summed E-state index contributed by atoms with van der Waals surface area (Å²) in [5, 5.41) is 8.98. The molecule has 0 atom stereocenters. The zero-order chi connectivity index (χ0) is 9.30. The molecule has 0 spiro atoms. The first-order chi connectivity index (χ1) is 5.52. The molecular weight excluding hydrogens is 184 g/mol. The molecule has 6 heteroatoms. The molecular formula is C6H5ClN2O3. The number of aromatic hydroxyl groups is 1. The molecule has 1 amide bonds. The Morgan fingerprint density at radius 3 is 2.67 bits per heavy atom. The van der Waals surface area contributed by atoms with E-state index in [-0.39, 0.29) is 5.15 Å². The van der Waals surface area contributed by atoms with Gasteiger partial charge in [-0.3, -0.25) is 9.59 Å². The number of carbonyl (C=O) groups is 1. The maximum absolute atomic E-state index is 10.9. The number of aromatic nitrogens is 1. The maximum atomic E-state index is 10.9. The molecule has 1 rings (SSSR count). The van der Waals surface area contributed by atoms with E-state index >= 15 is 0 Å². The SMILES string of the molecule is NC(=O)c1c(O)cc(Cl)[nH]c1=O. The lowest BCUT2D eigenvalue weighted by Gasteiger charge is -1.98. The summed E-state index contributed by atoms with van der Waals surface area (Å²) in [5.41, 5.74) is 3.52. The van der Waals surface area contributed by atoms with E-state index in [2.05, 4.69) is 4.98 Å². The predicted molar refractivity (Wildman–Crippen MR) is 42.3 cm³/mol. The molecule has 1 aromatic rings. The smallest absolute Gasteiger partial charge is 0.265 e. The average molecular weight is 189 g/mol. The van der Waals surface area contributed by atoms with Gasteiger partial charge in [0.15, 0.2) is 0 Å². The summed E-state index contributed by atoms with van der Waals surface area (Å²) < 4.78 is 0. The summed E-state index contributed by atoms with van der Waals surface area (Å²) in [4.78, 5) is 23.6. The first kappa shape index (κ1) is 8.61. The number of pyridine rings is 1. The molecule has 64 valence electrons. The third kappa shape index (κ3) is 1.40. The summed E-state index contributed by atoms with van der Waals surface area (Å²) in [6, 6.07) is 1.03. The molecule has 0 saturated heterocycles. The molecule has 4 N–H and O–H groups in total. The van der Waals surface area contributed by atoms with E-state index in [0.29, 0.717) is 0 Å². The number of nitrogens with two attached hydrogens (primary N) is 1. The second-order valence-electron chi connectivity index (χ2n) is 2.07. The van der Waals surface area contributed by atoms with Gasteiger partial charge in [-0.2, -0.15) is 0 Å². The van der Waals surface area contributed by atoms with E-state index in [1.54, 1.807) is 0 Å². The van der Waals surface area contributed by atoms with Crippen LogP contribution in [0.3, 0.4) is 0 Å². The van der Waals surface area contributed by atoms with Gasteiger partial charge in [-0.05, 0) is 0 Å². The van der Waals surface area contributed by atoms with Gasteiger partial charge < -0.3 is 15.8 Å². The van der Waals surface area contributed by atoms with Crippen LogP contribution in [0.4, 0.5) is 0 Å². The summed E-state index contributed by atoms with van der Waals surface area (Å²) >= 11 is 5.36. The van der Waals surface area contributed by atoms with Crippen LogP contribution in [0.25, 0.3) is 0 Å². The van der Waals surface area contributed by atoms with Gasteiger partial charge >= 0.3 is 0 Å². The molecule has 0 fully saturated rings. The highest BCUT2D eigenvalue weighted by Gasteiger charge is 2.12. The lowest BCUT2D eigenvalue weighted by Crippen LogP contribution is -2.23. The van der Waals surface area contributed by atoms with Gasteiger partial charge in [-0.15, -0.1) is 0 Å². The third-order valence-corrected chi connectivity index (χ3v) is 1.43. The minimum Gasteiger partial charge on any atom is -0.507 e. The number of aromatic amines is 1. The lowest BCUT2D eigenvalue weighted by molar-refractivity contribution is 0.0996. The van der Waals surface area contributed by atoms with Crippen molar-refractivity contribution in [3.8, 4) is 5.75 Å². The van der Waals surface area contributed by atoms with Crippen molar-refractivity contribution in [3.05, 3.63) is 27.1 Å². The Morgan fingerprint density at radius 1 is 1.67 bits per heavy atom. The van der Waals surface area contributed by atoms with Gasteiger partial charge in [-0.25, -0.2) is 0 Å². The number of amides is 1. The van der Waals surface area contributed by atoms with Crippen LogP contribution in [0, 0.1) is 0 Å². The fraction of sp³-hybridized carbons (Fsp3) is 0. The molecule has 1 aromatic heterocycles. The zero-order valence-electron chi connectivity index (χ0n) is 5.80. The van der Waals surface area contributed by atoms with Crippen molar-refractivity contribution in [2.24, 2.45) is 5.73 Å². The maximum Gasteiger partial charge on any atom is 0.265 e. The molecule has 12 heavy (non-hydrogen) atoms. The number of rotatable bonds is 1. The van der Waals surface area contributed by atoms with E-state index in [0.717, 1.165) is 6.07 Å². The molecule has 0 aliphatic heterocycles. The number of H-pyrrole nitrogens is 1. The van der Waals surface area contributed by atoms with Crippen molar-refractivity contribution in [3.63, 3.8) is 0 Å². The van der Waals surface area contributed by atoms with Crippen LogP contribution in [-0.4, -0.2) is 16.0 Å². The number of halogens is 1. The molecule has 0 aliphatic rings. The second-order valence-corrected chi connectivity index (χ2v) is 2.48. The highest BCUT2D eigenvalue weighted by atomic mass is 35.5. The molecule has 1 heterocycles. The highest BCUT2D eigenvalue weighted by Crippen LogP contribution is 2.14. The van der Waals surface area contributed by atoms with E-state index in [4.69, 9.17) is 22.4 Å². The Morgan fingerprint density at radius 2 is 2.25 bits per heavy atom. The summed E-state index contributed by atoms with van der Waals surface area (Å²) in [7, 11) is 0. The molecule has 0 radical (unpaired) electrons. The Labute approximate surface area is 71.8 Å². The van der Waals surface area contributed by atoms with Crippen molar-refractivity contribution in [2.45, 2.75) is 0 Å². The van der Waals surface area contributed by atoms with E-state index in [1.807, 2.05) is 0 Å². The Bertz CT molecular complexity index is 385. The summed E-state index contributed by atoms with van der Waals surface area (Å²) in [5.74, 6) is -1.51. The average Bonchev–Trinajstić information content (AvgIpc) is 1.82. The van der Waals surface area contributed by atoms with Crippen LogP contribution in [0.15, 0.2) is 10.9 Å². The zero-order valence-corrected chi connectivity index (χ0v) is 6.55. The van der Waals surface area contributed by atoms with Crippen molar-refractivity contribution in [1.82, 2.24) is 4.98 Å². The van der Waals surface area contributed by atoms with Crippen molar-refractivity contribution >= 4 is 17.5 Å². The lowest BCUT2D eigenvalue weighted by atomic mass is 10.2. The van der Waals surface area contributed by atoms with Gasteiger partial charge in [0.1, 0.15) is 16.5 Å². The van der Waals surface area contributed by atoms with E-state index < -0.39 is 22.8 Å². The summed E-state index contributed by atoms with van der Waals surface area (Å²) in [6.45, 7) is 0. The fourth-order valence-electron chi connectivity index (χ4n) is 0.754. The molecule has 0 aromatic carbocycles. The van der Waals surface area contributed by atoms with Crippen molar-refractivity contribution < 1.29 is 9.90 Å². The number of nitrogens with one attached hydrogen (secondary N) is 1. The van der Waals surface area contributed by atoms with Crippen LogP contribution in [0.5, 0.6) is 5.75 Å². The van der Waals surface area contributed by atoms with Crippen molar-refractivity contribution in [2.75, 3.05) is 0 Å². The standard InChI is InChI=1S/C6H5ClN2O3/c7-3-1-2(10)4(5(8)11)6(12)9-3/h1H,(H2,8,11)(H2,9,10,12). The Balaban J connectivity index is 3.49. The minimum absolute atomic E-state index is 0.0532. The quantitative estimate of drug-likeness (QED) is 0.534. The van der Waals surface area contributed by atoms with Gasteiger partial charge in [0.25, 0.3) is 11.5 Å². The topological polar surface area (TPSA) is 96.2 Å². The molecule has 0 bridgehead atoms. The number of carbonyl (C=O) groups excluding carboxylic acids is 1. The fourth-order valence-corrected chi connectivity index (χ4v) is 0.943. The molecule has 0 saturated carbocycles. The van der Waals surface area contributed by atoms with Gasteiger partial charge in [-0.1, -0.05) is 11.6 Å². The number of primary amides is 1. The second kappa shape index (κ2) is 2.86. The van der Waals surface area contributed by atoms with E-state index in [9.17, 15) is 9.59 Å². The van der Waals surface area contributed by atoms with Crippen LogP contribution >= 0.6 is 11.6 Å². The van der Waals surface area contributed by atoms with Crippen LogP contribution in [0.2, 0.25) is 5.15 Å². The normalized spacial score (nSPS) is 9.75. The van der Waals surface area contributed by atoms with Crippen molar-refractivity contribution in [1.29, 1.82) is 0 Å². The monoisotopic (exact) mass is 188 g/mol. The van der Waals surface area contributed by atoms with E-state index in [1.165, 1.54) is 0 Å². The van der Waals surface area contributed by atoms with Gasteiger partial charge in [0, 0.05) is 6.07 Å². The van der Waals surface area contributed by atoms with Gasteiger partial charge in [0.05, 0.1) is 0 Å². The molecule has 0 unspecified atom stereocenters. The number of hydrogen-bond donors (Lipinski definition) is 3. The van der Waals surface area contributed by atoms with Crippen LogP contribution < -0.4 is 11.3 Å². The Hall–Kier alpha value is -1.49. The van der Waals surface area contributed by atoms with Gasteiger partial charge in [0.2, 0.25) is 0 Å². The third-order valence-electron chi connectivity index (χ3n) is 1.23. The van der Waals surface area contributed by atoms with Crippen LogP contribution in [0.1, 0.15) is 10.4 Å².